The molecule has 0 aromatic carbocycles. The molecule has 21 heavy (non-hydrogen) atoms. The van der Waals surface area contributed by atoms with E-state index in [0.29, 0.717) is 16.8 Å². The average molecular weight is 330 g/mol. The van der Waals surface area contributed by atoms with Crippen LogP contribution in [0, 0.1) is 17.8 Å². The summed E-state index contributed by atoms with van der Waals surface area (Å²) in [4.78, 5) is 14.7. The van der Waals surface area contributed by atoms with Crippen LogP contribution in [-0.2, 0) is 9.53 Å². The van der Waals surface area contributed by atoms with Gasteiger partial charge in [0.1, 0.15) is 4.32 Å². The summed E-state index contributed by atoms with van der Waals surface area (Å²) in [6.07, 6.45) is 1.61. The monoisotopic (exact) mass is 329 g/mol. The van der Waals surface area contributed by atoms with Gasteiger partial charge in [-0.3, -0.25) is 9.69 Å². The molecule has 0 aromatic rings. The second kappa shape index (κ2) is 8.30. The third kappa shape index (κ3) is 4.54. The van der Waals surface area contributed by atoms with Gasteiger partial charge in [0.25, 0.3) is 0 Å². The van der Waals surface area contributed by atoms with E-state index in [0.717, 1.165) is 5.75 Å². The van der Waals surface area contributed by atoms with E-state index < -0.39 is 0 Å². The number of thioether (sulfide) groups is 1. The zero-order valence-corrected chi connectivity index (χ0v) is 15.3. The second-order valence-electron chi connectivity index (χ2n) is 6.22. The largest absolute Gasteiger partial charge is 0.373 e. The van der Waals surface area contributed by atoms with Crippen molar-refractivity contribution in [2.24, 2.45) is 17.8 Å². The van der Waals surface area contributed by atoms with Crippen molar-refractivity contribution >= 4 is 34.2 Å². The van der Waals surface area contributed by atoms with E-state index in [1.807, 2.05) is 11.8 Å². The lowest BCUT2D eigenvalue weighted by atomic mass is 9.92. The molecule has 0 unspecified atom stereocenters. The number of carbonyl (C=O) groups excluding carboxylic acids is 1. The number of ether oxygens (including phenoxy) is 1. The molecular formula is C16H27NO2S2. The molecule has 0 N–H and O–H groups in total. The minimum atomic E-state index is -0.206. The summed E-state index contributed by atoms with van der Waals surface area (Å²) in [5.41, 5.74) is 0. The molecule has 1 fully saturated rings. The number of hydrogen-bond donors (Lipinski definition) is 0. The van der Waals surface area contributed by atoms with Crippen LogP contribution in [0.5, 0.6) is 0 Å². The predicted molar refractivity (Wildman–Crippen MR) is 94.5 cm³/mol. The molecule has 3 nitrogen and oxygen atoms in total. The maximum absolute atomic E-state index is 12.9. The van der Waals surface area contributed by atoms with Crippen molar-refractivity contribution in [3.8, 4) is 0 Å². The summed E-state index contributed by atoms with van der Waals surface area (Å²) < 4.78 is 6.52. The van der Waals surface area contributed by atoms with Crippen molar-refractivity contribution in [1.29, 1.82) is 0 Å². The third-order valence-electron chi connectivity index (χ3n) is 3.86. The molecule has 1 heterocycles. The summed E-state index contributed by atoms with van der Waals surface area (Å²) in [6, 6.07) is 0.199. The Kier molecular flexibility index (Phi) is 7.37. The van der Waals surface area contributed by atoms with Crippen LogP contribution in [0.3, 0.4) is 0 Å². The minimum absolute atomic E-state index is 0.0893. The van der Waals surface area contributed by atoms with Crippen molar-refractivity contribution < 1.29 is 9.53 Å². The molecule has 3 atom stereocenters. The molecule has 1 saturated heterocycles. The molecule has 120 valence electrons. The number of thiocarbonyl (C=S) groups is 1. The highest BCUT2D eigenvalue weighted by Gasteiger charge is 2.40. The molecule has 5 heteroatoms. The summed E-state index contributed by atoms with van der Waals surface area (Å²) in [5.74, 6) is 1.45. The van der Waals surface area contributed by atoms with Gasteiger partial charge < -0.3 is 4.74 Å². The summed E-state index contributed by atoms with van der Waals surface area (Å²) >= 11 is 6.99. The first-order valence-corrected chi connectivity index (χ1v) is 8.92. The second-order valence-corrected chi connectivity index (χ2v) is 7.87. The third-order valence-corrected chi connectivity index (χ3v) is 5.36. The van der Waals surface area contributed by atoms with Gasteiger partial charge >= 0.3 is 0 Å². The van der Waals surface area contributed by atoms with E-state index in [9.17, 15) is 4.79 Å². The number of amides is 1. The van der Waals surface area contributed by atoms with E-state index in [-0.39, 0.29) is 29.9 Å². The first-order chi connectivity index (χ1) is 9.81. The maximum Gasteiger partial charge on any atom is 0.233 e. The summed E-state index contributed by atoms with van der Waals surface area (Å²) in [5, 5.41) is 0. The molecule has 0 bridgehead atoms. The molecule has 1 amide bonds. The van der Waals surface area contributed by atoms with Crippen LogP contribution in [-0.4, -0.2) is 39.6 Å². The standard InChI is InChI=1S/C16H27NO2S2/c1-7-8-19-14(11(4)5)12(6)15(18)17-13(10(2)3)9-21-16(17)20/h7,10-14H,1,8-9H2,2-6H3/t12-,13-,14-/m1/s1. The highest BCUT2D eigenvalue weighted by molar-refractivity contribution is 8.23. The van der Waals surface area contributed by atoms with Crippen LogP contribution in [0.2, 0.25) is 0 Å². The van der Waals surface area contributed by atoms with Crippen LogP contribution in [0.25, 0.3) is 0 Å². The Labute approximate surface area is 138 Å². The predicted octanol–water partition coefficient (Wildman–Crippen LogP) is 3.73. The molecular weight excluding hydrogens is 302 g/mol. The van der Waals surface area contributed by atoms with Gasteiger partial charge in [0.2, 0.25) is 5.91 Å². The minimum Gasteiger partial charge on any atom is -0.373 e. The number of nitrogens with zero attached hydrogens (tertiary/aromatic N) is 1. The van der Waals surface area contributed by atoms with Gasteiger partial charge in [-0.15, -0.1) is 6.58 Å². The summed E-state index contributed by atoms with van der Waals surface area (Å²) in [7, 11) is 0. The molecule has 0 aliphatic carbocycles. The molecule has 0 aromatic heterocycles. The molecule has 1 aliphatic rings. The summed E-state index contributed by atoms with van der Waals surface area (Å²) in [6.45, 7) is 14.5. The van der Waals surface area contributed by atoms with Gasteiger partial charge in [0, 0.05) is 11.8 Å². The van der Waals surface area contributed by atoms with Crippen LogP contribution in [0.15, 0.2) is 12.7 Å². The van der Waals surface area contributed by atoms with Gasteiger partial charge in [-0.1, -0.05) is 64.7 Å². The highest BCUT2D eigenvalue weighted by Crippen LogP contribution is 2.31. The van der Waals surface area contributed by atoms with Crippen molar-refractivity contribution in [2.45, 2.75) is 46.8 Å². The first kappa shape index (κ1) is 18.7. The van der Waals surface area contributed by atoms with Gasteiger partial charge in [-0.25, -0.2) is 0 Å². The Morgan fingerprint density at radius 1 is 1.48 bits per heavy atom. The fourth-order valence-corrected chi connectivity index (χ4v) is 4.27. The van der Waals surface area contributed by atoms with Crippen molar-refractivity contribution in [1.82, 2.24) is 4.90 Å². The van der Waals surface area contributed by atoms with Gasteiger partial charge in [0.05, 0.1) is 18.6 Å². The Bertz CT molecular complexity index is 396. The van der Waals surface area contributed by atoms with Crippen molar-refractivity contribution in [3.63, 3.8) is 0 Å². The molecule has 1 rings (SSSR count). The zero-order valence-electron chi connectivity index (χ0n) is 13.7. The number of hydrogen-bond acceptors (Lipinski definition) is 4. The number of carbonyl (C=O) groups is 1. The van der Waals surface area contributed by atoms with Crippen LogP contribution >= 0.6 is 24.0 Å². The van der Waals surface area contributed by atoms with E-state index in [4.69, 9.17) is 17.0 Å². The fraction of sp³-hybridized carbons (Fsp3) is 0.750. The first-order valence-electron chi connectivity index (χ1n) is 7.53. The quantitative estimate of drug-likeness (QED) is 0.526. The van der Waals surface area contributed by atoms with E-state index in [2.05, 4.69) is 34.3 Å². The fourth-order valence-electron chi connectivity index (χ4n) is 2.63. The number of rotatable bonds is 7. The SMILES string of the molecule is C=CCO[C@H](C(C)C)[C@@H](C)C(=O)N1C(=S)SC[C@@H]1C(C)C. The molecule has 0 radical (unpaired) electrons. The van der Waals surface area contributed by atoms with Gasteiger partial charge in [0.15, 0.2) is 0 Å². The lowest BCUT2D eigenvalue weighted by Gasteiger charge is -2.33. The lowest BCUT2D eigenvalue weighted by Crippen LogP contribution is -2.47. The smallest absolute Gasteiger partial charge is 0.233 e. The van der Waals surface area contributed by atoms with E-state index >= 15 is 0 Å². The van der Waals surface area contributed by atoms with E-state index in [1.165, 1.54) is 0 Å². The Hall–Kier alpha value is -0.390. The van der Waals surface area contributed by atoms with Crippen molar-refractivity contribution in [2.75, 3.05) is 12.4 Å². The maximum atomic E-state index is 12.9. The average Bonchev–Trinajstić information content (AvgIpc) is 2.79. The Morgan fingerprint density at radius 2 is 2.10 bits per heavy atom. The zero-order chi connectivity index (χ0) is 16.2. The topological polar surface area (TPSA) is 29.5 Å². The normalized spacial score (nSPS) is 22.0. The van der Waals surface area contributed by atoms with Crippen molar-refractivity contribution in [3.05, 3.63) is 12.7 Å². The van der Waals surface area contributed by atoms with Gasteiger partial charge in [-0.2, -0.15) is 0 Å². The van der Waals surface area contributed by atoms with Crippen LogP contribution < -0.4 is 0 Å². The van der Waals surface area contributed by atoms with Crippen LogP contribution in [0.1, 0.15) is 34.6 Å². The van der Waals surface area contributed by atoms with Gasteiger partial charge in [-0.05, 0) is 11.8 Å². The highest BCUT2D eigenvalue weighted by atomic mass is 32.2. The Morgan fingerprint density at radius 3 is 2.57 bits per heavy atom. The molecule has 0 spiro atoms. The molecule has 0 saturated carbocycles. The molecule has 1 aliphatic heterocycles. The van der Waals surface area contributed by atoms with E-state index in [1.54, 1.807) is 17.8 Å². The Balaban J connectivity index is 2.87. The lowest BCUT2D eigenvalue weighted by molar-refractivity contribution is -0.139. The van der Waals surface area contributed by atoms with Crippen LogP contribution in [0.4, 0.5) is 0 Å².